The van der Waals surface area contributed by atoms with Crippen LogP contribution in [-0.4, -0.2) is 31.5 Å². The highest BCUT2D eigenvalue weighted by atomic mass is 32.1. The highest BCUT2D eigenvalue weighted by Gasteiger charge is 2.06. The van der Waals surface area contributed by atoms with E-state index in [1.165, 1.54) is 0 Å². The van der Waals surface area contributed by atoms with Gasteiger partial charge in [0.15, 0.2) is 0 Å². The van der Waals surface area contributed by atoms with Gasteiger partial charge in [-0.1, -0.05) is 12.2 Å². The van der Waals surface area contributed by atoms with E-state index >= 15 is 0 Å². The lowest BCUT2D eigenvalue weighted by Gasteiger charge is -2.16. The Bertz CT molecular complexity index is 578. The topological polar surface area (TPSA) is 60.0 Å². The Kier molecular flexibility index (Phi) is 4.24. The highest BCUT2D eigenvalue weighted by molar-refractivity contribution is 7.80. The van der Waals surface area contributed by atoms with Crippen LogP contribution in [0.25, 0.3) is 0 Å². The lowest BCUT2D eigenvalue weighted by Crippen LogP contribution is -2.20. The third-order valence-corrected chi connectivity index (χ3v) is 3.07. The van der Waals surface area contributed by atoms with Gasteiger partial charge in [0.25, 0.3) is 0 Å². The van der Waals surface area contributed by atoms with Crippen LogP contribution in [0.15, 0.2) is 30.7 Å². The Morgan fingerprint density at radius 1 is 1.37 bits per heavy atom. The quantitative estimate of drug-likeness (QED) is 0.828. The Morgan fingerprint density at radius 2 is 2.16 bits per heavy atom. The summed E-state index contributed by atoms with van der Waals surface area (Å²) in [7, 11) is 4.04. The van der Waals surface area contributed by atoms with Crippen LogP contribution in [0, 0.1) is 0 Å². The van der Waals surface area contributed by atoms with Crippen molar-refractivity contribution in [2.75, 3.05) is 7.05 Å². The maximum atomic E-state index is 5.58. The summed E-state index contributed by atoms with van der Waals surface area (Å²) in [4.78, 5) is 11.0. The molecule has 19 heavy (non-hydrogen) atoms. The van der Waals surface area contributed by atoms with Crippen molar-refractivity contribution in [2.45, 2.75) is 13.1 Å². The Labute approximate surface area is 118 Å². The molecule has 6 heteroatoms. The summed E-state index contributed by atoms with van der Waals surface area (Å²) in [6, 6.07) is 3.90. The van der Waals surface area contributed by atoms with E-state index in [1.54, 1.807) is 12.4 Å². The van der Waals surface area contributed by atoms with Crippen LogP contribution in [0.3, 0.4) is 0 Å². The van der Waals surface area contributed by atoms with Gasteiger partial charge in [0.05, 0.1) is 12.2 Å². The second-order valence-corrected chi connectivity index (χ2v) is 4.98. The van der Waals surface area contributed by atoms with Gasteiger partial charge in [0, 0.05) is 32.2 Å². The van der Waals surface area contributed by atoms with Crippen LogP contribution in [0.1, 0.15) is 17.1 Å². The van der Waals surface area contributed by atoms with E-state index < -0.39 is 0 Å². The molecule has 0 atom stereocenters. The number of aryl methyl sites for hydroxylation is 1. The third-order valence-electron chi connectivity index (χ3n) is 2.86. The summed E-state index contributed by atoms with van der Waals surface area (Å²) in [6.45, 7) is 1.58. The summed E-state index contributed by atoms with van der Waals surface area (Å²) in [5.41, 5.74) is 7.38. The zero-order valence-corrected chi connectivity index (χ0v) is 11.9. The molecule has 2 aromatic heterocycles. The first-order valence-corrected chi connectivity index (χ1v) is 6.36. The standard InChI is InChI=1S/C13H17N5S/c1-17(9-12-16-5-6-18(12)2)8-10-3-4-15-11(7-10)13(14)19/h3-7H,8-9H2,1-2H3,(H2,14,19). The van der Waals surface area contributed by atoms with Gasteiger partial charge in [0.2, 0.25) is 0 Å². The molecule has 0 aromatic carbocycles. The van der Waals surface area contributed by atoms with Crippen LogP contribution in [-0.2, 0) is 20.1 Å². The summed E-state index contributed by atoms with van der Waals surface area (Å²) < 4.78 is 2.02. The number of thiocarbonyl (C=S) groups is 1. The maximum absolute atomic E-state index is 5.58. The summed E-state index contributed by atoms with van der Waals surface area (Å²) in [6.07, 6.45) is 5.49. The van der Waals surface area contributed by atoms with E-state index in [-0.39, 0.29) is 0 Å². The number of hydrogen-bond acceptors (Lipinski definition) is 4. The third kappa shape index (κ3) is 3.59. The summed E-state index contributed by atoms with van der Waals surface area (Å²) >= 11 is 4.93. The van der Waals surface area contributed by atoms with E-state index in [4.69, 9.17) is 18.0 Å². The van der Waals surface area contributed by atoms with Crippen LogP contribution in [0.5, 0.6) is 0 Å². The molecule has 0 saturated heterocycles. The fraction of sp³-hybridized carbons (Fsp3) is 0.308. The zero-order chi connectivity index (χ0) is 13.8. The highest BCUT2D eigenvalue weighted by Crippen LogP contribution is 2.07. The molecular weight excluding hydrogens is 258 g/mol. The molecule has 2 heterocycles. The molecular formula is C13H17N5S. The minimum Gasteiger partial charge on any atom is -0.388 e. The molecule has 0 radical (unpaired) electrons. The zero-order valence-electron chi connectivity index (χ0n) is 11.1. The van der Waals surface area contributed by atoms with Crippen molar-refractivity contribution in [1.82, 2.24) is 19.4 Å². The molecule has 0 amide bonds. The largest absolute Gasteiger partial charge is 0.388 e. The lowest BCUT2D eigenvalue weighted by atomic mass is 10.2. The van der Waals surface area contributed by atoms with Crippen molar-refractivity contribution >= 4 is 17.2 Å². The SMILES string of the molecule is CN(Cc1ccnc(C(N)=S)c1)Cc1nccn1C. The molecule has 2 rings (SSSR count). The van der Waals surface area contributed by atoms with Gasteiger partial charge in [-0.05, 0) is 24.7 Å². The molecule has 0 unspecified atom stereocenters. The summed E-state index contributed by atoms with van der Waals surface area (Å²) in [5.74, 6) is 1.03. The molecule has 2 N–H and O–H groups in total. The van der Waals surface area contributed by atoms with Gasteiger partial charge in [-0.15, -0.1) is 0 Å². The average Bonchev–Trinajstić information content (AvgIpc) is 2.75. The second kappa shape index (κ2) is 5.90. The molecule has 0 spiro atoms. The number of imidazole rings is 1. The number of aromatic nitrogens is 3. The van der Waals surface area contributed by atoms with E-state index in [0.29, 0.717) is 10.7 Å². The molecule has 0 aliphatic rings. The smallest absolute Gasteiger partial charge is 0.122 e. The molecule has 0 aliphatic heterocycles. The van der Waals surface area contributed by atoms with Gasteiger partial charge in [0.1, 0.15) is 10.8 Å². The van der Waals surface area contributed by atoms with E-state index in [9.17, 15) is 0 Å². The van der Waals surface area contributed by atoms with E-state index in [2.05, 4.69) is 21.9 Å². The van der Waals surface area contributed by atoms with Gasteiger partial charge < -0.3 is 10.3 Å². The fourth-order valence-electron chi connectivity index (χ4n) is 1.87. The molecule has 0 aliphatic carbocycles. The second-order valence-electron chi connectivity index (χ2n) is 4.54. The number of nitrogens with two attached hydrogens (primary N) is 1. The first kappa shape index (κ1) is 13.6. The molecule has 2 aromatic rings. The van der Waals surface area contributed by atoms with Crippen molar-refractivity contribution in [2.24, 2.45) is 12.8 Å². The first-order chi connectivity index (χ1) is 9.06. The van der Waals surface area contributed by atoms with Crippen LogP contribution >= 0.6 is 12.2 Å². The van der Waals surface area contributed by atoms with Crippen LogP contribution in [0.4, 0.5) is 0 Å². The minimum atomic E-state index is 0.327. The van der Waals surface area contributed by atoms with Gasteiger partial charge >= 0.3 is 0 Å². The molecule has 100 valence electrons. The van der Waals surface area contributed by atoms with Crippen LogP contribution in [0.2, 0.25) is 0 Å². The minimum absolute atomic E-state index is 0.327. The monoisotopic (exact) mass is 275 g/mol. The van der Waals surface area contributed by atoms with E-state index in [1.807, 2.05) is 29.9 Å². The number of hydrogen-bond donors (Lipinski definition) is 1. The van der Waals surface area contributed by atoms with Crippen molar-refractivity contribution in [1.29, 1.82) is 0 Å². The Balaban J connectivity index is 2.02. The maximum Gasteiger partial charge on any atom is 0.122 e. The molecule has 0 saturated carbocycles. The summed E-state index contributed by atoms with van der Waals surface area (Å²) in [5, 5.41) is 0. The van der Waals surface area contributed by atoms with Crippen molar-refractivity contribution in [3.05, 3.63) is 47.8 Å². The molecule has 0 fully saturated rings. The predicted molar refractivity (Wildman–Crippen MR) is 78.5 cm³/mol. The molecule has 0 bridgehead atoms. The van der Waals surface area contributed by atoms with Crippen molar-refractivity contribution in [3.8, 4) is 0 Å². The van der Waals surface area contributed by atoms with Gasteiger partial charge in [-0.2, -0.15) is 0 Å². The number of rotatable bonds is 5. The molecule has 5 nitrogen and oxygen atoms in total. The number of nitrogens with zero attached hydrogens (tertiary/aromatic N) is 4. The predicted octanol–water partition coefficient (Wildman–Crippen LogP) is 1.08. The van der Waals surface area contributed by atoms with Crippen LogP contribution < -0.4 is 5.73 Å². The first-order valence-electron chi connectivity index (χ1n) is 5.95. The fourth-order valence-corrected chi connectivity index (χ4v) is 1.98. The van der Waals surface area contributed by atoms with Crippen molar-refractivity contribution in [3.63, 3.8) is 0 Å². The number of pyridine rings is 1. The lowest BCUT2D eigenvalue weighted by molar-refractivity contribution is 0.307. The van der Waals surface area contributed by atoms with Gasteiger partial charge in [-0.25, -0.2) is 4.98 Å². The van der Waals surface area contributed by atoms with Crippen molar-refractivity contribution < 1.29 is 0 Å². The normalized spacial score (nSPS) is 10.9. The Morgan fingerprint density at radius 3 is 2.79 bits per heavy atom. The average molecular weight is 275 g/mol. The Hall–Kier alpha value is -1.79. The van der Waals surface area contributed by atoms with E-state index in [0.717, 1.165) is 24.5 Å². The van der Waals surface area contributed by atoms with Gasteiger partial charge in [-0.3, -0.25) is 9.88 Å².